The zero-order chi connectivity index (χ0) is 20.0. The molecule has 4 aromatic carbocycles. The van der Waals surface area contributed by atoms with Gasteiger partial charge in [0.25, 0.3) is 0 Å². The van der Waals surface area contributed by atoms with Crippen molar-refractivity contribution in [2.45, 2.75) is 0 Å². The van der Waals surface area contributed by atoms with E-state index in [1.165, 1.54) is 15.9 Å². The number of hydrogen-bond acceptors (Lipinski definition) is 1. The molecule has 0 radical (unpaired) electrons. The number of nitrogens with one attached hydrogen (secondary N) is 1. The van der Waals surface area contributed by atoms with Gasteiger partial charge in [0.2, 0.25) is 0 Å². The van der Waals surface area contributed by atoms with Crippen LogP contribution in [-0.4, -0.2) is 12.3 Å². The van der Waals surface area contributed by atoms with Crippen molar-refractivity contribution in [3.63, 3.8) is 0 Å². The third kappa shape index (κ3) is 3.40. The first-order valence-corrected chi connectivity index (χ1v) is 13.2. The molecule has 0 aromatic heterocycles. The molecule has 0 aliphatic rings. The fourth-order valence-corrected chi connectivity index (χ4v) is 11.9. The molecule has 1 unspecified atom stereocenters. The van der Waals surface area contributed by atoms with Gasteiger partial charge in [0.15, 0.2) is 0 Å². The Balaban J connectivity index is 2.16. The monoisotopic (exact) mass is 415 g/mol. The summed E-state index contributed by atoms with van der Waals surface area (Å²) in [5, 5.41) is 8.26. The average Bonchev–Trinajstić information content (AvgIpc) is 2.81. The molecule has 4 rings (SSSR count). The second-order valence-electron chi connectivity index (χ2n) is 7.30. The molecule has 0 heterocycles. The Morgan fingerprint density at radius 3 is 1.21 bits per heavy atom. The third-order valence-electron chi connectivity index (χ3n) is 5.70. The molecule has 1 nitrogen and oxygen atoms in total. The van der Waals surface area contributed by atoms with Crippen molar-refractivity contribution in [2.75, 3.05) is 17.4 Å². The molecule has 4 aromatic rings. The fourth-order valence-electron chi connectivity index (χ4n) is 4.41. The van der Waals surface area contributed by atoms with Gasteiger partial charge < -0.3 is 0 Å². The van der Waals surface area contributed by atoms with E-state index in [1.807, 2.05) is 0 Å². The molecule has 1 N–H and O–H groups in total. The van der Waals surface area contributed by atoms with Crippen molar-refractivity contribution in [1.82, 2.24) is 0 Å². The van der Waals surface area contributed by atoms with Gasteiger partial charge in [-0.15, -0.1) is 0 Å². The summed E-state index contributed by atoms with van der Waals surface area (Å²) in [7, 11) is 2.97. The first kappa shape index (κ1) is 19.8. The summed E-state index contributed by atoms with van der Waals surface area (Å²) in [6.45, 7) is -3.00. The third-order valence-corrected chi connectivity index (χ3v) is 12.7. The number of benzene rings is 4. The van der Waals surface area contributed by atoms with Crippen molar-refractivity contribution in [3.8, 4) is 0 Å². The Kier molecular flexibility index (Phi) is 5.81. The molecule has 0 amide bonds. The number of hydrogen-bond donors (Lipinski definition) is 1. The first-order chi connectivity index (χ1) is 14.3. The van der Waals surface area contributed by atoms with Crippen LogP contribution in [0.15, 0.2) is 121 Å². The molecule has 0 fully saturated rings. The van der Waals surface area contributed by atoms with E-state index in [0.717, 1.165) is 18.0 Å². The van der Waals surface area contributed by atoms with Crippen LogP contribution in [0, 0.1) is 0 Å². The van der Waals surface area contributed by atoms with Crippen molar-refractivity contribution in [3.05, 3.63) is 121 Å². The van der Waals surface area contributed by atoms with Gasteiger partial charge in [-0.25, -0.2) is 0 Å². The maximum absolute atomic E-state index is 4.17. The molecule has 3 heteroatoms. The van der Waals surface area contributed by atoms with E-state index in [0.29, 0.717) is 0 Å². The van der Waals surface area contributed by atoms with E-state index in [9.17, 15) is 0 Å². The summed E-state index contributed by atoms with van der Waals surface area (Å²) < 4.78 is 0. The summed E-state index contributed by atoms with van der Waals surface area (Å²) in [5.74, 6) is 0. The normalized spacial score (nSPS) is 12.7. The average molecular weight is 415 g/mol. The van der Waals surface area contributed by atoms with Crippen molar-refractivity contribution < 1.29 is 0 Å². The molecule has 1 atom stereocenters. The van der Waals surface area contributed by atoms with E-state index in [4.69, 9.17) is 0 Å². The van der Waals surface area contributed by atoms with Crippen LogP contribution >= 0.6 is 16.0 Å². The molecule has 0 bridgehead atoms. The molecule has 0 spiro atoms. The second kappa shape index (κ2) is 8.50. The Bertz CT molecular complexity index is 936. The zero-order valence-electron chi connectivity index (χ0n) is 16.5. The number of rotatable bonds is 7. The minimum atomic E-state index is -3.00. The molecular weight excluding hydrogens is 388 g/mol. The van der Waals surface area contributed by atoms with Crippen LogP contribution < -0.4 is 21.0 Å². The van der Waals surface area contributed by atoms with Crippen LogP contribution in [0.25, 0.3) is 0 Å². The van der Waals surface area contributed by atoms with E-state index < -0.39 is 6.75 Å². The van der Waals surface area contributed by atoms with Crippen LogP contribution in [0.1, 0.15) is 0 Å². The Morgan fingerprint density at radius 2 is 0.862 bits per heavy atom. The summed E-state index contributed by atoms with van der Waals surface area (Å²) in [4.78, 5) is 0. The van der Waals surface area contributed by atoms with Gasteiger partial charge in [-0.1, -0.05) is 0 Å². The Hall–Kier alpha value is -2.46. The molecule has 0 saturated carbocycles. The molecule has 0 aliphatic heterocycles. The van der Waals surface area contributed by atoms with E-state index in [2.05, 4.69) is 136 Å². The summed E-state index contributed by atoms with van der Waals surface area (Å²) >= 11 is 0. The number of para-hydroxylation sites is 1. The predicted octanol–water partition coefficient (Wildman–Crippen LogP) is 5.42. The summed E-state index contributed by atoms with van der Waals surface area (Å²) in [5.41, 5.74) is 1.15. The SMILES string of the molecule is PCCP(Nc1ccccc1)(c1ccccc1)(c1ccccc1)c1ccccc1. The van der Waals surface area contributed by atoms with Crippen LogP contribution in [0.4, 0.5) is 5.69 Å². The van der Waals surface area contributed by atoms with E-state index in [-0.39, 0.29) is 0 Å². The Labute approximate surface area is 176 Å². The molecule has 146 valence electrons. The standard InChI is InChI=1S/C26H27NP2/c28-21-22-29(24-15-7-2-8-16-24,25-17-9-3-10-18-25,26-19-11-4-12-20-26)27-23-13-5-1-6-14-23/h1-20,27H,21-22,28H2. The fraction of sp³-hybridized carbons (Fsp3) is 0.0769. The van der Waals surface area contributed by atoms with Crippen LogP contribution in [0.2, 0.25) is 0 Å². The van der Waals surface area contributed by atoms with Crippen LogP contribution in [0.5, 0.6) is 0 Å². The second-order valence-corrected chi connectivity index (χ2v) is 12.7. The van der Waals surface area contributed by atoms with E-state index in [1.54, 1.807) is 0 Å². The topological polar surface area (TPSA) is 12.0 Å². The van der Waals surface area contributed by atoms with Crippen molar-refractivity contribution in [1.29, 1.82) is 0 Å². The van der Waals surface area contributed by atoms with Crippen molar-refractivity contribution in [2.24, 2.45) is 0 Å². The maximum atomic E-state index is 4.17. The molecule has 0 saturated heterocycles. The summed E-state index contributed by atoms with van der Waals surface area (Å²) in [6.07, 6.45) is 2.01. The quantitative estimate of drug-likeness (QED) is 0.398. The molecule has 29 heavy (non-hydrogen) atoms. The van der Waals surface area contributed by atoms with Gasteiger partial charge in [-0.3, -0.25) is 0 Å². The molecule has 0 aliphatic carbocycles. The van der Waals surface area contributed by atoms with E-state index >= 15 is 0 Å². The predicted molar refractivity (Wildman–Crippen MR) is 135 cm³/mol. The van der Waals surface area contributed by atoms with Crippen LogP contribution in [-0.2, 0) is 0 Å². The van der Waals surface area contributed by atoms with Gasteiger partial charge >= 0.3 is 176 Å². The first-order valence-electron chi connectivity index (χ1n) is 10.0. The minimum absolute atomic E-state index is 0.996. The van der Waals surface area contributed by atoms with Gasteiger partial charge in [0.1, 0.15) is 0 Å². The van der Waals surface area contributed by atoms with Gasteiger partial charge in [-0.05, 0) is 0 Å². The van der Waals surface area contributed by atoms with Gasteiger partial charge in [0.05, 0.1) is 0 Å². The van der Waals surface area contributed by atoms with Crippen molar-refractivity contribution >= 4 is 37.6 Å². The van der Waals surface area contributed by atoms with Crippen LogP contribution in [0.3, 0.4) is 0 Å². The number of anilines is 1. The summed E-state index contributed by atoms with van der Waals surface area (Å²) in [6, 6.07) is 43.7. The van der Waals surface area contributed by atoms with Gasteiger partial charge in [0, 0.05) is 0 Å². The zero-order valence-corrected chi connectivity index (χ0v) is 18.5. The Morgan fingerprint density at radius 1 is 0.517 bits per heavy atom. The molecular formula is C26H27NP2. The van der Waals surface area contributed by atoms with Gasteiger partial charge in [-0.2, -0.15) is 0 Å².